The van der Waals surface area contributed by atoms with E-state index in [1.54, 1.807) is 0 Å². The van der Waals surface area contributed by atoms with E-state index in [0.29, 0.717) is 0 Å². The van der Waals surface area contributed by atoms with Gasteiger partial charge in [-0.3, -0.25) is 14.9 Å². The predicted octanol–water partition coefficient (Wildman–Crippen LogP) is 0.869. The molecule has 1 aromatic rings. The topological polar surface area (TPSA) is 110 Å². The summed E-state index contributed by atoms with van der Waals surface area (Å²) in [5.74, 6) is -0.948. The van der Waals surface area contributed by atoms with Crippen molar-refractivity contribution in [3.8, 4) is 0 Å². The van der Waals surface area contributed by atoms with Gasteiger partial charge in [-0.15, -0.1) is 0 Å². The van der Waals surface area contributed by atoms with E-state index in [-0.39, 0.29) is 28.6 Å². The summed E-state index contributed by atoms with van der Waals surface area (Å²) in [7, 11) is -0.663. The summed E-state index contributed by atoms with van der Waals surface area (Å²) in [5.41, 5.74) is -0.460. The standard InChI is InChI=1S/C11H14ClN3O5S/c1-14(2)21(19,20)7-6-13-11(16)8-4-3-5-9(10(8)12)15(17)18/h3-5H,6-7H2,1-2H3,(H,13,16). The van der Waals surface area contributed by atoms with Crippen LogP contribution in [0.15, 0.2) is 18.2 Å². The van der Waals surface area contributed by atoms with Crippen molar-refractivity contribution in [1.82, 2.24) is 9.62 Å². The molecule has 0 aliphatic rings. The smallest absolute Gasteiger partial charge is 0.288 e. The molecule has 1 rings (SSSR count). The van der Waals surface area contributed by atoms with Crippen molar-refractivity contribution in [3.63, 3.8) is 0 Å². The highest BCUT2D eigenvalue weighted by molar-refractivity contribution is 7.89. The monoisotopic (exact) mass is 335 g/mol. The van der Waals surface area contributed by atoms with E-state index in [4.69, 9.17) is 11.6 Å². The first-order valence-corrected chi connectivity index (χ1v) is 7.77. The highest BCUT2D eigenvalue weighted by Gasteiger charge is 2.20. The summed E-state index contributed by atoms with van der Waals surface area (Å²) in [6.07, 6.45) is 0. The Kier molecular flexibility index (Phi) is 5.64. The summed E-state index contributed by atoms with van der Waals surface area (Å²) in [4.78, 5) is 21.9. The lowest BCUT2D eigenvalue weighted by molar-refractivity contribution is -0.384. The van der Waals surface area contributed by atoms with Crippen LogP contribution in [0.4, 0.5) is 5.69 Å². The molecule has 0 saturated carbocycles. The highest BCUT2D eigenvalue weighted by atomic mass is 35.5. The maximum atomic E-state index is 11.9. The largest absolute Gasteiger partial charge is 0.351 e. The SMILES string of the molecule is CN(C)S(=O)(=O)CCNC(=O)c1cccc([N+](=O)[O-])c1Cl. The molecular weight excluding hydrogens is 322 g/mol. The lowest BCUT2D eigenvalue weighted by atomic mass is 10.2. The Morgan fingerprint density at radius 1 is 1.43 bits per heavy atom. The number of carbonyl (C=O) groups excluding carboxylic acids is 1. The molecule has 1 N–H and O–H groups in total. The molecule has 1 amide bonds. The second-order valence-corrected chi connectivity index (χ2v) is 6.93. The molecule has 10 heteroatoms. The second kappa shape index (κ2) is 6.83. The fraction of sp³-hybridized carbons (Fsp3) is 0.364. The Morgan fingerprint density at radius 3 is 2.57 bits per heavy atom. The highest BCUT2D eigenvalue weighted by Crippen LogP contribution is 2.27. The molecule has 116 valence electrons. The first-order valence-electron chi connectivity index (χ1n) is 5.78. The number of amides is 1. The van der Waals surface area contributed by atoms with Gasteiger partial charge in [0.1, 0.15) is 5.02 Å². The summed E-state index contributed by atoms with van der Waals surface area (Å²) in [6, 6.07) is 3.83. The molecule has 0 aliphatic carbocycles. The van der Waals surface area contributed by atoms with Gasteiger partial charge in [0, 0.05) is 26.7 Å². The Balaban J connectivity index is 2.78. The van der Waals surface area contributed by atoms with Crippen LogP contribution in [0, 0.1) is 10.1 Å². The number of nitrogens with zero attached hydrogens (tertiary/aromatic N) is 2. The molecule has 0 atom stereocenters. The number of nitro benzene ring substituents is 1. The molecular formula is C11H14ClN3O5S. The van der Waals surface area contributed by atoms with E-state index in [2.05, 4.69) is 5.32 Å². The molecule has 0 unspecified atom stereocenters. The number of nitrogens with one attached hydrogen (secondary N) is 1. The number of hydrogen-bond acceptors (Lipinski definition) is 5. The van der Waals surface area contributed by atoms with E-state index < -0.39 is 20.9 Å². The molecule has 0 radical (unpaired) electrons. The zero-order chi connectivity index (χ0) is 16.2. The number of rotatable bonds is 6. The van der Waals surface area contributed by atoms with Crippen molar-refractivity contribution in [1.29, 1.82) is 0 Å². The van der Waals surface area contributed by atoms with Crippen LogP contribution in [-0.4, -0.2) is 49.9 Å². The third-order valence-corrected chi connectivity index (χ3v) is 4.85. The fourth-order valence-corrected chi connectivity index (χ4v) is 2.41. The zero-order valence-corrected chi connectivity index (χ0v) is 12.9. The van der Waals surface area contributed by atoms with Gasteiger partial charge in [0.2, 0.25) is 10.0 Å². The number of hydrogen-bond donors (Lipinski definition) is 1. The van der Waals surface area contributed by atoms with Crippen LogP contribution < -0.4 is 5.32 Å². The van der Waals surface area contributed by atoms with Crippen LogP contribution >= 0.6 is 11.6 Å². The number of sulfonamides is 1. The van der Waals surface area contributed by atoms with Crippen LogP contribution in [-0.2, 0) is 10.0 Å². The maximum Gasteiger partial charge on any atom is 0.288 e. The number of benzene rings is 1. The van der Waals surface area contributed by atoms with E-state index >= 15 is 0 Å². The third kappa shape index (κ3) is 4.38. The summed E-state index contributed by atoms with van der Waals surface area (Å²) >= 11 is 5.79. The molecule has 0 bridgehead atoms. The van der Waals surface area contributed by atoms with Crippen LogP contribution in [0.3, 0.4) is 0 Å². The van der Waals surface area contributed by atoms with Gasteiger partial charge < -0.3 is 5.32 Å². The van der Waals surface area contributed by atoms with Crippen molar-refractivity contribution in [2.45, 2.75) is 0 Å². The summed E-state index contributed by atoms with van der Waals surface area (Å²) in [6.45, 7) is -0.127. The lowest BCUT2D eigenvalue weighted by Crippen LogP contribution is -2.34. The molecule has 0 heterocycles. The Morgan fingerprint density at radius 2 is 2.05 bits per heavy atom. The van der Waals surface area contributed by atoms with Gasteiger partial charge in [-0.25, -0.2) is 12.7 Å². The number of nitro groups is 1. The Labute approximate surface area is 126 Å². The fourth-order valence-electron chi connectivity index (χ4n) is 1.41. The molecule has 0 saturated heterocycles. The minimum absolute atomic E-state index is 0.0758. The molecule has 1 aromatic carbocycles. The Bertz CT molecular complexity index is 660. The van der Waals surface area contributed by atoms with Crippen LogP contribution in [0.2, 0.25) is 5.02 Å². The second-order valence-electron chi connectivity index (χ2n) is 4.25. The lowest BCUT2D eigenvalue weighted by Gasteiger charge is -2.11. The van der Waals surface area contributed by atoms with Crippen molar-refractivity contribution >= 4 is 33.2 Å². The minimum Gasteiger partial charge on any atom is -0.351 e. The summed E-state index contributed by atoms with van der Waals surface area (Å²) in [5, 5.41) is 12.8. The maximum absolute atomic E-state index is 11.9. The predicted molar refractivity (Wildman–Crippen MR) is 77.9 cm³/mol. The van der Waals surface area contributed by atoms with E-state index in [0.717, 1.165) is 4.31 Å². The van der Waals surface area contributed by atoms with Crippen LogP contribution in [0.25, 0.3) is 0 Å². The van der Waals surface area contributed by atoms with Gasteiger partial charge in [-0.2, -0.15) is 0 Å². The van der Waals surface area contributed by atoms with Gasteiger partial charge in [-0.05, 0) is 6.07 Å². The third-order valence-electron chi connectivity index (χ3n) is 2.62. The van der Waals surface area contributed by atoms with Crippen molar-refractivity contribution in [2.75, 3.05) is 26.4 Å². The number of carbonyl (C=O) groups is 1. The molecule has 0 aromatic heterocycles. The van der Waals surface area contributed by atoms with Crippen molar-refractivity contribution < 1.29 is 18.1 Å². The summed E-state index contributed by atoms with van der Waals surface area (Å²) < 4.78 is 24.1. The van der Waals surface area contributed by atoms with Gasteiger partial charge in [0.05, 0.1) is 16.2 Å². The average molecular weight is 336 g/mol. The van der Waals surface area contributed by atoms with Crippen LogP contribution in [0.1, 0.15) is 10.4 Å². The normalized spacial score (nSPS) is 11.4. The minimum atomic E-state index is -3.43. The van der Waals surface area contributed by atoms with Gasteiger partial charge in [-0.1, -0.05) is 17.7 Å². The zero-order valence-electron chi connectivity index (χ0n) is 11.4. The van der Waals surface area contributed by atoms with Gasteiger partial charge in [0.15, 0.2) is 0 Å². The average Bonchev–Trinajstić information content (AvgIpc) is 2.37. The molecule has 0 fully saturated rings. The van der Waals surface area contributed by atoms with Crippen molar-refractivity contribution in [3.05, 3.63) is 38.9 Å². The van der Waals surface area contributed by atoms with E-state index in [1.807, 2.05) is 0 Å². The quantitative estimate of drug-likeness (QED) is 0.612. The van der Waals surface area contributed by atoms with Crippen molar-refractivity contribution in [2.24, 2.45) is 0 Å². The van der Waals surface area contributed by atoms with E-state index in [1.165, 1.54) is 32.3 Å². The molecule has 8 nitrogen and oxygen atoms in total. The van der Waals surface area contributed by atoms with E-state index in [9.17, 15) is 23.3 Å². The molecule has 21 heavy (non-hydrogen) atoms. The molecule has 0 aliphatic heterocycles. The number of halogens is 1. The van der Waals surface area contributed by atoms with Gasteiger partial charge >= 0.3 is 0 Å². The first-order chi connectivity index (χ1) is 9.66. The van der Waals surface area contributed by atoms with Gasteiger partial charge in [0.25, 0.3) is 11.6 Å². The Hall–Kier alpha value is -1.71. The van der Waals surface area contributed by atoms with Crippen LogP contribution in [0.5, 0.6) is 0 Å². The first kappa shape index (κ1) is 17.3. The molecule has 0 spiro atoms.